The number of nitrogens with one attached hydrogen (secondary N) is 1. The number of allylic oxidation sites excluding steroid dienone is 1. The summed E-state index contributed by atoms with van der Waals surface area (Å²) in [5.74, 6) is 1.69. The first-order chi connectivity index (χ1) is 12.7. The fraction of sp³-hybridized carbons (Fsp3) is 0.143. The number of rotatable bonds is 7. The molecule has 1 N–H and O–H groups in total. The molecular weight excluding hydrogens is 328 g/mol. The molecule has 3 rings (SSSR count). The highest BCUT2D eigenvalue weighted by Crippen LogP contribution is 2.21. The van der Waals surface area contributed by atoms with E-state index >= 15 is 0 Å². The van der Waals surface area contributed by atoms with Crippen molar-refractivity contribution in [1.82, 2.24) is 4.98 Å². The minimum Gasteiger partial charge on any atom is -0.485 e. The van der Waals surface area contributed by atoms with E-state index in [-0.39, 0.29) is 18.3 Å². The van der Waals surface area contributed by atoms with E-state index in [0.29, 0.717) is 11.6 Å². The molecule has 0 spiro atoms. The van der Waals surface area contributed by atoms with E-state index in [0.717, 1.165) is 23.3 Å². The summed E-state index contributed by atoms with van der Waals surface area (Å²) in [6, 6.07) is 14.7. The highest BCUT2D eigenvalue weighted by Gasteiger charge is 2.13. The van der Waals surface area contributed by atoms with Gasteiger partial charge in [-0.3, -0.25) is 4.79 Å². The molecule has 132 valence electrons. The van der Waals surface area contributed by atoms with Crippen molar-refractivity contribution in [3.8, 4) is 5.75 Å². The molecule has 1 amide bonds. The Morgan fingerprint density at radius 2 is 2.08 bits per heavy atom. The molecule has 3 aromatic rings. The molecule has 0 radical (unpaired) electrons. The van der Waals surface area contributed by atoms with Gasteiger partial charge in [0.2, 0.25) is 0 Å². The highest BCUT2D eigenvalue weighted by molar-refractivity contribution is 6.01. The molecule has 26 heavy (non-hydrogen) atoms. The van der Waals surface area contributed by atoms with Crippen LogP contribution < -0.4 is 10.1 Å². The topological polar surface area (TPSA) is 64.4 Å². The molecule has 0 fully saturated rings. The van der Waals surface area contributed by atoms with Gasteiger partial charge in [-0.1, -0.05) is 30.3 Å². The average Bonchev–Trinajstić information content (AvgIpc) is 3.12. The Bertz CT molecular complexity index is 898. The van der Waals surface area contributed by atoms with Crippen LogP contribution in [0.4, 0.5) is 5.82 Å². The van der Waals surface area contributed by atoms with E-state index in [1.165, 1.54) is 0 Å². The third-order valence-corrected chi connectivity index (χ3v) is 3.75. The van der Waals surface area contributed by atoms with Gasteiger partial charge in [0.05, 0.1) is 0 Å². The van der Waals surface area contributed by atoms with Gasteiger partial charge >= 0.3 is 0 Å². The van der Waals surface area contributed by atoms with Crippen molar-refractivity contribution in [2.45, 2.75) is 20.0 Å². The molecule has 0 atom stereocenters. The number of hydrogen-bond acceptors (Lipinski definition) is 4. The molecule has 0 saturated heterocycles. The third-order valence-electron chi connectivity index (χ3n) is 3.75. The summed E-state index contributed by atoms with van der Waals surface area (Å²) in [5.41, 5.74) is 2.08. The summed E-state index contributed by atoms with van der Waals surface area (Å²) < 4.78 is 11.4. The second-order valence-electron chi connectivity index (χ2n) is 5.83. The van der Waals surface area contributed by atoms with E-state index in [1.807, 2.05) is 43.3 Å². The molecular formula is C21H20N2O3. The normalized spacial score (nSPS) is 10.3. The van der Waals surface area contributed by atoms with Crippen LogP contribution in [0.5, 0.6) is 5.75 Å². The number of carbonyl (C=O) groups is 1. The molecule has 5 nitrogen and oxygen atoms in total. The zero-order chi connectivity index (χ0) is 18.4. The Morgan fingerprint density at radius 3 is 2.85 bits per heavy atom. The first kappa shape index (κ1) is 17.5. The molecule has 5 heteroatoms. The monoisotopic (exact) mass is 348 g/mol. The number of carbonyl (C=O) groups excluding carboxylic acids is 1. The lowest BCUT2D eigenvalue weighted by atomic mass is 10.1. The summed E-state index contributed by atoms with van der Waals surface area (Å²) in [7, 11) is 0. The van der Waals surface area contributed by atoms with Gasteiger partial charge in [0.1, 0.15) is 23.9 Å². The number of aromatic nitrogens is 1. The van der Waals surface area contributed by atoms with E-state index in [9.17, 15) is 4.79 Å². The smallest absolute Gasteiger partial charge is 0.292 e. The van der Waals surface area contributed by atoms with Crippen molar-refractivity contribution < 1.29 is 13.9 Å². The molecule has 0 aliphatic rings. The number of benzene rings is 1. The highest BCUT2D eigenvalue weighted by atomic mass is 16.5. The molecule has 2 heterocycles. The molecule has 2 aromatic heterocycles. The lowest BCUT2D eigenvalue weighted by Crippen LogP contribution is -2.12. The van der Waals surface area contributed by atoms with Crippen molar-refractivity contribution in [2.75, 3.05) is 5.32 Å². The zero-order valence-corrected chi connectivity index (χ0v) is 14.6. The Hall–Kier alpha value is -3.34. The Balaban J connectivity index is 1.62. The van der Waals surface area contributed by atoms with Gasteiger partial charge < -0.3 is 14.5 Å². The van der Waals surface area contributed by atoms with Gasteiger partial charge in [-0.25, -0.2) is 4.98 Å². The number of para-hydroxylation sites is 1. The van der Waals surface area contributed by atoms with Gasteiger partial charge in [-0.05, 0) is 48.7 Å². The lowest BCUT2D eigenvalue weighted by molar-refractivity contribution is 0.0992. The largest absolute Gasteiger partial charge is 0.485 e. The molecule has 0 unspecified atom stereocenters. The Morgan fingerprint density at radius 1 is 1.23 bits per heavy atom. The maximum atomic E-state index is 12.2. The van der Waals surface area contributed by atoms with Gasteiger partial charge in [-0.2, -0.15) is 0 Å². The zero-order valence-electron chi connectivity index (χ0n) is 14.6. The summed E-state index contributed by atoms with van der Waals surface area (Å²) in [5, 5.41) is 2.70. The molecule has 1 aromatic carbocycles. The predicted octanol–water partition coefficient (Wildman–Crippen LogP) is 4.54. The first-order valence-corrected chi connectivity index (χ1v) is 8.30. The SMILES string of the molecule is C=CCc1ccccc1OCc1ccc(C(=O)Nc2ccc(C)cn2)o1. The van der Waals surface area contributed by atoms with Crippen LogP contribution in [0.25, 0.3) is 0 Å². The third kappa shape index (κ3) is 4.39. The van der Waals surface area contributed by atoms with Crippen molar-refractivity contribution in [1.29, 1.82) is 0 Å². The Labute approximate surface area is 152 Å². The van der Waals surface area contributed by atoms with Gasteiger partial charge in [0.25, 0.3) is 5.91 Å². The van der Waals surface area contributed by atoms with E-state index < -0.39 is 0 Å². The summed E-state index contributed by atoms with van der Waals surface area (Å²) in [4.78, 5) is 16.4. The van der Waals surface area contributed by atoms with Crippen LogP contribution in [0.3, 0.4) is 0 Å². The quantitative estimate of drug-likeness (QED) is 0.637. The Kier molecular flexibility index (Phi) is 5.49. The maximum Gasteiger partial charge on any atom is 0.292 e. The molecule has 0 aliphatic heterocycles. The van der Waals surface area contributed by atoms with Crippen molar-refractivity contribution in [3.05, 3.63) is 90.0 Å². The molecule has 0 bridgehead atoms. The van der Waals surface area contributed by atoms with Gasteiger partial charge in [-0.15, -0.1) is 6.58 Å². The van der Waals surface area contributed by atoms with Crippen LogP contribution in [0.15, 0.2) is 71.8 Å². The number of pyridine rings is 1. The summed E-state index contributed by atoms with van der Waals surface area (Å²) >= 11 is 0. The van der Waals surface area contributed by atoms with Crippen molar-refractivity contribution in [2.24, 2.45) is 0 Å². The number of aryl methyl sites for hydroxylation is 1. The maximum absolute atomic E-state index is 12.2. The minimum absolute atomic E-state index is 0.213. The standard InChI is InChI=1S/C21H20N2O3/c1-3-6-16-7-4-5-8-18(16)25-14-17-10-11-19(26-17)21(24)23-20-12-9-15(2)13-22-20/h3-5,7-13H,1,6,14H2,2H3,(H,22,23,24). The number of hydrogen-bond donors (Lipinski definition) is 1. The average molecular weight is 348 g/mol. The van der Waals surface area contributed by atoms with Crippen LogP contribution in [0, 0.1) is 6.92 Å². The number of ether oxygens (including phenoxy) is 1. The van der Waals surface area contributed by atoms with Crippen LogP contribution in [0.1, 0.15) is 27.4 Å². The van der Waals surface area contributed by atoms with E-state index in [2.05, 4.69) is 16.9 Å². The second kappa shape index (κ2) is 8.16. The van der Waals surface area contributed by atoms with Crippen LogP contribution in [-0.2, 0) is 13.0 Å². The van der Waals surface area contributed by atoms with Crippen LogP contribution in [0.2, 0.25) is 0 Å². The molecule has 0 saturated carbocycles. The first-order valence-electron chi connectivity index (χ1n) is 8.30. The predicted molar refractivity (Wildman–Crippen MR) is 100 cm³/mol. The van der Waals surface area contributed by atoms with Crippen molar-refractivity contribution >= 4 is 11.7 Å². The van der Waals surface area contributed by atoms with Gasteiger partial charge in [0.15, 0.2) is 5.76 Å². The fourth-order valence-electron chi connectivity index (χ4n) is 2.41. The van der Waals surface area contributed by atoms with Crippen LogP contribution in [-0.4, -0.2) is 10.9 Å². The van der Waals surface area contributed by atoms with Crippen molar-refractivity contribution in [3.63, 3.8) is 0 Å². The minimum atomic E-state index is -0.348. The van der Waals surface area contributed by atoms with E-state index in [4.69, 9.17) is 9.15 Å². The number of furan rings is 1. The number of amides is 1. The fourth-order valence-corrected chi connectivity index (χ4v) is 2.41. The molecule has 0 aliphatic carbocycles. The number of nitrogens with zero attached hydrogens (tertiary/aromatic N) is 1. The second-order valence-corrected chi connectivity index (χ2v) is 5.83. The lowest BCUT2D eigenvalue weighted by Gasteiger charge is -2.08. The summed E-state index contributed by atoms with van der Waals surface area (Å²) in [6.07, 6.45) is 4.25. The van der Waals surface area contributed by atoms with Gasteiger partial charge in [0, 0.05) is 6.20 Å². The van der Waals surface area contributed by atoms with Crippen LogP contribution >= 0.6 is 0 Å². The van der Waals surface area contributed by atoms with E-state index in [1.54, 1.807) is 24.4 Å². The summed E-state index contributed by atoms with van der Waals surface area (Å²) in [6.45, 7) is 5.93. The number of anilines is 1.